The molecule has 6 N–H and O–H groups in total. The summed E-state index contributed by atoms with van der Waals surface area (Å²) in [6.45, 7) is 3.42. The fourth-order valence-corrected chi connectivity index (χ4v) is 9.61. The van der Waals surface area contributed by atoms with Gasteiger partial charge in [-0.3, -0.25) is 9.35 Å². The molecule has 402 valence electrons. The van der Waals surface area contributed by atoms with Crippen LogP contribution in [0.3, 0.4) is 0 Å². The third-order valence-corrected chi connectivity index (χ3v) is 13.9. The lowest BCUT2D eigenvalue weighted by atomic mass is 9.99. The Bertz CT molecular complexity index is 1300. The summed E-state index contributed by atoms with van der Waals surface area (Å²) < 4.78 is 47.8. The van der Waals surface area contributed by atoms with Crippen molar-refractivity contribution in [2.45, 2.75) is 307 Å². The topological polar surface area (TPSA) is 192 Å². The van der Waals surface area contributed by atoms with Crippen LogP contribution in [0.25, 0.3) is 0 Å². The predicted octanol–water partition coefficient (Wildman–Crippen LogP) is 12.8. The van der Waals surface area contributed by atoms with Crippen molar-refractivity contribution in [2.24, 2.45) is 0 Å². The van der Waals surface area contributed by atoms with Crippen molar-refractivity contribution < 1.29 is 51.8 Å². The van der Waals surface area contributed by atoms with Crippen LogP contribution in [0, 0.1) is 0 Å². The summed E-state index contributed by atoms with van der Waals surface area (Å²) >= 11 is 0. The van der Waals surface area contributed by atoms with Gasteiger partial charge in [-0.1, -0.05) is 237 Å². The summed E-state index contributed by atoms with van der Waals surface area (Å²) in [5.41, 5.74) is 0. The zero-order valence-corrected chi connectivity index (χ0v) is 44.3. The largest absolute Gasteiger partial charge is 0.397 e. The normalized spacial score (nSPS) is 19.9. The molecule has 1 saturated heterocycles. The van der Waals surface area contributed by atoms with E-state index in [2.05, 4.69) is 35.5 Å². The van der Waals surface area contributed by atoms with Crippen molar-refractivity contribution in [3.8, 4) is 0 Å². The van der Waals surface area contributed by atoms with Gasteiger partial charge < -0.3 is 35.2 Å². The standard InChI is InChI=1S/C55H105NO11S/c1-3-5-7-9-11-13-15-17-19-21-22-23-24-25-26-27-29-30-32-34-36-38-40-42-44-49(58)48(47-65-55-53(61)54(67-68(62,63)64)52(60)50(46-57)66-55)56-51(59)45-43-41-39-37-35-33-31-28-20-18-16-14-12-10-8-6-4-2/h18,20,42,44,48-50,52-55,57-58,60-61H,3-17,19,21-41,43,45-47H2,1-2H3,(H,56,59)(H,62,63,64)/b20-18-,44-42+. The average molecular weight is 989 g/mol. The van der Waals surface area contributed by atoms with Crippen molar-refractivity contribution in [3.63, 3.8) is 0 Å². The lowest BCUT2D eigenvalue weighted by Gasteiger charge is -2.41. The van der Waals surface area contributed by atoms with Gasteiger partial charge in [-0.05, 0) is 44.9 Å². The number of carbonyl (C=O) groups is 1. The molecule has 1 aliphatic rings. The average Bonchev–Trinajstić information content (AvgIpc) is 3.31. The molecule has 0 aromatic rings. The number of ether oxygens (including phenoxy) is 2. The first-order valence-electron chi connectivity index (χ1n) is 28.2. The number of aliphatic hydroxyl groups is 4. The minimum atomic E-state index is -5.09. The highest BCUT2D eigenvalue weighted by Crippen LogP contribution is 2.26. The first kappa shape index (κ1) is 64.6. The van der Waals surface area contributed by atoms with Gasteiger partial charge >= 0.3 is 10.4 Å². The molecule has 1 aliphatic heterocycles. The molecular weight excluding hydrogens is 883 g/mol. The number of hydrogen-bond acceptors (Lipinski definition) is 10. The lowest BCUT2D eigenvalue weighted by Crippen LogP contribution is -2.61. The number of amides is 1. The second kappa shape index (κ2) is 45.4. The van der Waals surface area contributed by atoms with Crippen molar-refractivity contribution in [2.75, 3.05) is 13.2 Å². The number of allylic oxidation sites excluding steroid dienone is 3. The van der Waals surface area contributed by atoms with Crippen LogP contribution in [-0.2, 0) is 28.9 Å². The molecule has 13 heteroatoms. The monoisotopic (exact) mass is 988 g/mol. The van der Waals surface area contributed by atoms with Crippen LogP contribution in [0.5, 0.6) is 0 Å². The summed E-state index contributed by atoms with van der Waals surface area (Å²) in [5.74, 6) is -0.264. The zero-order valence-electron chi connectivity index (χ0n) is 43.4. The molecule has 0 aromatic heterocycles. The maximum absolute atomic E-state index is 13.1. The third kappa shape index (κ3) is 37.4. The molecule has 1 amide bonds. The Morgan fingerprint density at radius 1 is 0.574 bits per heavy atom. The molecule has 7 unspecified atom stereocenters. The number of aliphatic hydroxyl groups excluding tert-OH is 4. The van der Waals surface area contributed by atoms with E-state index in [1.807, 2.05) is 6.08 Å². The number of carbonyl (C=O) groups excluding carboxylic acids is 1. The lowest BCUT2D eigenvalue weighted by molar-refractivity contribution is -0.298. The van der Waals surface area contributed by atoms with E-state index in [1.165, 1.54) is 193 Å². The van der Waals surface area contributed by atoms with Crippen molar-refractivity contribution in [1.29, 1.82) is 0 Å². The number of rotatable bonds is 49. The minimum absolute atomic E-state index is 0.264. The summed E-state index contributed by atoms with van der Waals surface area (Å²) in [5, 5.41) is 44.9. The van der Waals surface area contributed by atoms with Crippen LogP contribution in [-0.4, -0.2) is 95.4 Å². The Balaban J connectivity index is 2.39. The number of unbranched alkanes of at least 4 members (excludes halogenated alkanes) is 35. The third-order valence-electron chi connectivity index (χ3n) is 13.5. The molecule has 0 aromatic carbocycles. The molecular formula is C55H105NO11S. The van der Waals surface area contributed by atoms with Gasteiger partial charge in [0.15, 0.2) is 6.29 Å². The Labute approximate surface area is 416 Å². The maximum Gasteiger partial charge on any atom is 0.397 e. The van der Waals surface area contributed by atoms with E-state index in [-0.39, 0.29) is 18.9 Å². The van der Waals surface area contributed by atoms with Gasteiger partial charge in [0.1, 0.15) is 24.4 Å². The first-order valence-corrected chi connectivity index (χ1v) is 29.6. The summed E-state index contributed by atoms with van der Waals surface area (Å²) in [4.78, 5) is 13.1. The zero-order chi connectivity index (χ0) is 49.8. The molecule has 7 atom stereocenters. The van der Waals surface area contributed by atoms with E-state index in [0.29, 0.717) is 6.42 Å². The Hall–Kier alpha value is -1.42. The first-order chi connectivity index (χ1) is 33.0. The molecule has 1 fully saturated rings. The SMILES string of the molecule is CCCCCCCC/C=C\CCCCCCCCCC(=O)NC(COC1OC(CO)C(O)C(OS(=O)(=O)O)C1O)C(O)/C=C/CCCCCCCCCCCCCCCCCCCCCCCC. The maximum atomic E-state index is 13.1. The van der Waals surface area contributed by atoms with Gasteiger partial charge in [-0.15, -0.1) is 0 Å². The fraction of sp³-hybridized carbons (Fsp3) is 0.909. The molecule has 1 rings (SSSR count). The van der Waals surface area contributed by atoms with Gasteiger partial charge in [-0.2, -0.15) is 8.42 Å². The van der Waals surface area contributed by atoms with Gasteiger partial charge in [0.05, 0.1) is 25.4 Å². The summed E-state index contributed by atoms with van der Waals surface area (Å²) in [6, 6.07) is -0.945. The van der Waals surface area contributed by atoms with Crippen LogP contribution >= 0.6 is 0 Å². The highest BCUT2D eigenvalue weighted by molar-refractivity contribution is 7.80. The second-order valence-corrected chi connectivity index (χ2v) is 20.9. The molecule has 1 heterocycles. The fourth-order valence-electron chi connectivity index (χ4n) is 9.10. The van der Waals surface area contributed by atoms with Crippen LogP contribution in [0.15, 0.2) is 24.3 Å². The molecule has 0 aliphatic carbocycles. The predicted molar refractivity (Wildman–Crippen MR) is 278 cm³/mol. The molecule has 0 spiro atoms. The number of hydrogen-bond donors (Lipinski definition) is 6. The van der Waals surface area contributed by atoms with Crippen molar-refractivity contribution in [3.05, 3.63) is 24.3 Å². The van der Waals surface area contributed by atoms with Crippen LogP contribution in [0.1, 0.15) is 264 Å². The molecule has 0 saturated carbocycles. The van der Waals surface area contributed by atoms with E-state index in [4.69, 9.17) is 9.47 Å². The van der Waals surface area contributed by atoms with Gasteiger partial charge in [0, 0.05) is 6.42 Å². The van der Waals surface area contributed by atoms with E-state index < -0.39 is 59.9 Å². The van der Waals surface area contributed by atoms with Crippen molar-refractivity contribution in [1.82, 2.24) is 5.32 Å². The van der Waals surface area contributed by atoms with Gasteiger partial charge in [-0.25, -0.2) is 4.18 Å². The number of nitrogens with one attached hydrogen (secondary N) is 1. The summed E-state index contributed by atoms with van der Waals surface area (Å²) in [6.07, 6.45) is 46.5. The highest BCUT2D eigenvalue weighted by Gasteiger charge is 2.48. The molecule has 68 heavy (non-hydrogen) atoms. The van der Waals surface area contributed by atoms with Crippen LogP contribution in [0.2, 0.25) is 0 Å². The van der Waals surface area contributed by atoms with E-state index in [0.717, 1.165) is 44.9 Å². The van der Waals surface area contributed by atoms with E-state index in [1.54, 1.807) is 6.08 Å². The van der Waals surface area contributed by atoms with Crippen LogP contribution in [0.4, 0.5) is 0 Å². The van der Waals surface area contributed by atoms with Crippen LogP contribution < -0.4 is 5.32 Å². The molecule has 12 nitrogen and oxygen atoms in total. The Morgan fingerprint density at radius 3 is 1.32 bits per heavy atom. The molecule has 0 radical (unpaired) electrons. The van der Waals surface area contributed by atoms with E-state index >= 15 is 0 Å². The van der Waals surface area contributed by atoms with E-state index in [9.17, 15) is 38.2 Å². The smallest absolute Gasteiger partial charge is 0.394 e. The van der Waals surface area contributed by atoms with Crippen molar-refractivity contribution >= 4 is 16.3 Å². The minimum Gasteiger partial charge on any atom is -0.394 e. The molecule has 0 bridgehead atoms. The van der Waals surface area contributed by atoms with Gasteiger partial charge in [0.25, 0.3) is 0 Å². The quantitative estimate of drug-likeness (QED) is 0.0193. The highest BCUT2D eigenvalue weighted by atomic mass is 32.3. The summed E-state index contributed by atoms with van der Waals surface area (Å²) in [7, 11) is -5.09. The second-order valence-electron chi connectivity index (χ2n) is 19.9. The Kier molecular flexibility index (Phi) is 43.2. The van der Waals surface area contributed by atoms with Gasteiger partial charge in [0.2, 0.25) is 5.91 Å². The Morgan fingerprint density at radius 2 is 0.941 bits per heavy atom.